The standard InChI is InChI=1S/C27H46N2O3/c1-26-8-7-20-19(21(26)16-22(25(26)31)28-9-3-4-10-28)6-5-18-15-24(30)23(17-27(18,20)2)29-11-13-32-14-12-29/h18-25,30-31H,3-17H2,1-2H3/t18?,19?,20?,21?,22-,23-,24-,25-,26-,27-/m0/s1. The average molecular weight is 447 g/mol. The number of hydrogen-bond donors (Lipinski definition) is 2. The number of aliphatic hydroxyl groups is 2. The highest BCUT2D eigenvalue weighted by molar-refractivity contribution is 5.14. The van der Waals surface area contributed by atoms with E-state index in [1.165, 1.54) is 58.0 Å². The van der Waals surface area contributed by atoms with Gasteiger partial charge in [0.2, 0.25) is 0 Å². The van der Waals surface area contributed by atoms with E-state index in [-0.39, 0.29) is 17.6 Å². The molecule has 4 aliphatic carbocycles. The van der Waals surface area contributed by atoms with Crippen LogP contribution >= 0.6 is 0 Å². The van der Waals surface area contributed by atoms with Gasteiger partial charge in [0, 0.05) is 25.2 Å². The summed E-state index contributed by atoms with van der Waals surface area (Å²) in [6.07, 6.45) is 10.7. The summed E-state index contributed by atoms with van der Waals surface area (Å²) in [5.41, 5.74) is 0.443. The van der Waals surface area contributed by atoms with E-state index in [1.807, 2.05) is 0 Å². The molecule has 10 atom stereocenters. The van der Waals surface area contributed by atoms with Gasteiger partial charge >= 0.3 is 0 Å². The van der Waals surface area contributed by atoms with E-state index in [9.17, 15) is 10.2 Å². The third kappa shape index (κ3) is 3.28. The SMILES string of the molecule is C[C@]12C[C@H](N3CCOCC3)[C@@H](O)CC1CCC1C2CC[C@@]2(C)C1C[C@H](N1CCCC1)[C@@H]2O. The summed E-state index contributed by atoms with van der Waals surface area (Å²) in [5.74, 6) is 2.87. The van der Waals surface area contributed by atoms with Gasteiger partial charge in [-0.25, -0.2) is 0 Å². The van der Waals surface area contributed by atoms with Crippen molar-refractivity contribution in [2.24, 2.45) is 34.5 Å². The first kappa shape index (κ1) is 22.3. The molecule has 2 saturated heterocycles. The van der Waals surface area contributed by atoms with E-state index in [2.05, 4.69) is 23.6 Å². The molecule has 5 heteroatoms. The Bertz CT molecular complexity index is 692. The summed E-state index contributed by atoms with van der Waals surface area (Å²) in [7, 11) is 0. The molecule has 6 aliphatic rings. The van der Waals surface area contributed by atoms with Crippen LogP contribution in [0.15, 0.2) is 0 Å². The van der Waals surface area contributed by atoms with Crippen LogP contribution in [0.1, 0.15) is 71.6 Å². The van der Waals surface area contributed by atoms with Gasteiger partial charge in [-0.05, 0) is 105 Å². The van der Waals surface area contributed by atoms with Crippen LogP contribution in [0, 0.1) is 34.5 Å². The van der Waals surface area contributed by atoms with Gasteiger partial charge in [-0.2, -0.15) is 0 Å². The van der Waals surface area contributed by atoms with Crippen molar-refractivity contribution in [2.45, 2.75) is 95.9 Å². The number of nitrogens with zero attached hydrogens (tertiary/aromatic N) is 2. The van der Waals surface area contributed by atoms with Gasteiger partial charge < -0.3 is 14.9 Å². The lowest BCUT2D eigenvalue weighted by atomic mass is 9.44. The molecule has 0 spiro atoms. The smallest absolute Gasteiger partial charge is 0.0751 e. The van der Waals surface area contributed by atoms with Crippen LogP contribution in [0.4, 0.5) is 0 Å². The van der Waals surface area contributed by atoms with Crippen molar-refractivity contribution in [3.63, 3.8) is 0 Å². The molecule has 0 aromatic rings. The third-order valence-corrected chi connectivity index (χ3v) is 11.8. The molecular formula is C27H46N2O3. The molecule has 4 unspecified atom stereocenters. The minimum absolute atomic E-state index is 0.107. The molecule has 32 heavy (non-hydrogen) atoms. The molecule has 2 N–H and O–H groups in total. The summed E-state index contributed by atoms with van der Waals surface area (Å²) in [6.45, 7) is 11.0. The second-order valence-corrected chi connectivity index (χ2v) is 12.9. The van der Waals surface area contributed by atoms with Crippen molar-refractivity contribution >= 4 is 0 Å². The van der Waals surface area contributed by atoms with Gasteiger partial charge in [-0.3, -0.25) is 9.80 Å². The van der Waals surface area contributed by atoms with Crippen molar-refractivity contribution in [3.05, 3.63) is 0 Å². The van der Waals surface area contributed by atoms with Crippen molar-refractivity contribution in [3.8, 4) is 0 Å². The first-order valence-electron chi connectivity index (χ1n) is 13.8. The Labute approximate surface area is 194 Å². The molecular weight excluding hydrogens is 400 g/mol. The maximum atomic E-state index is 11.5. The fourth-order valence-corrected chi connectivity index (χ4v) is 9.97. The number of aliphatic hydroxyl groups excluding tert-OH is 2. The van der Waals surface area contributed by atoms with Crippen LogP contribution < -0.4 is 0 Å². The molecule has 5 nitrogen and oxygen atoms in total. The molecule has 0 radical (unpaired) electrons. The maximum absolute atomic E-state index is 11.5. The maximum Gasteiger partial charge on any atom is 0.0751 e. The minimum Gasteiger partial charge on any atom is -0.391 e. The monoisotopic (exact) mass is 446 g/mol. The van der Waals surface area contributed by atoms with Gasteiger partial charge in [0.1, 0.15) is 0 Å². The summed E-state index contributed by atoms with van der Waals surface area (Å²) in [5, 5.41) is 22.7. The largest absolute Gasteiger partial charge is 0.391 e. The van der Waals surface area contributed by atoms with Gasteiger partial charge in [0.15, 0.2) is 0 Å². The zero-order valence-corrected chi connectivity index (χ0v) is 20.4. The first-order chi connectivity index (χ1) is 15.4. The third-order valence-electron chi connectivity index (χ3n) is 11.8. The Kier molecular flexibility index (Phi) is 5.70. The number of morpholine rings is 1. The van der Waals surface area contributed by atoms with Crippen LogP contribution in [0.3, 0.4) is 0 Å². The highest BCUT2D eigenvalue weighted by Crippen LogP contribution is 2.66. The first-order valence-corrected chi connectivity index (χ1v) is 13.8. The molecule has 0 aromatic heterocycles. The fourth-order valence-electron chi connectivity index (χ4n) is 9.97. The Morgan fingerprint density at radius 1 is 0.781 bits per heavy atom. The molecule has 6 fully saturated rings. The Morgan fingerprint density at radius 3 is 2.25 bits per heavy atom. The lowest BCUT2D eigenvalue weighted by molar-refractivity contribution is -0.158. The predicted octanol–water partition coefficient (Wildman–Crippen LogP) is 3.14. The number of hydrogen-bond acceptors (Lipinski definition) is 5. The zero-order chi connectivity index (χ0) is 22.1. The van der Waals surface area contributed by atoms with Gasteiger partial charge in [-0.1, -0.05) is 13.8 Å². The van der Waals surface area contributed by atoms with Crippen LogP contribution in [-0.4, -0.2) is 83.7 Å². The quantitative estimate of drug-likeness (QED) is 0.683. The van der Waals surface area contributed by atoms with E-state index in [0.29, 0.717) is 29.3 Å². The molecule has 6 rings (SSSR count). The molecule has 2 heterocycles. The Morgan fingerprint density at radius 2 is 1.50 bits per heavy atom. The molecule has 4 saturated carbocycles. The van der Waals surface area contributed by atoms with E-state index in [4.69, 9.17) is 4.74 Å². The molecule has 2 aliphatic heterocycles. The van der Waals surface area contributed by atoms with Gasteiger partial charge in [0.05, 0.1) is 25.4 Å². The number of ether oxygens (including phenoxy) is 1. The topological polar surface area (TPSA) is 56.2 Å². The number of rotatable bonds is 2. The van der Waals surface area contributed by atoms with E-state index in [1.54, 1.807) is 0 Å². The second kappa shape index (κ2) is 8.19. The predicted molar refractivity (Wildman–Crippen MR) is 125 cm³/mol. The minimum atomic E-state index is -0.176. The number of fused-ring (bicyclic) bond motifs is 5. The zero-order valence-electron chi connectivity index (χ0n) is 20.4. The van der Waals surface area contributed by atoms with Gasteiger partial charge in [0.25, 0.3) is 0 Å². The van der Waals surface area contributed by atoms with Crippen LogP contribution in [0.2, 0.25) is 0 Å². The molecule has 0 aromatic carbocycles. The summed E-state index contributed by atoms with van der Waals surface area (Å²) in [4.78, 5) is 5.16. The second-order valence-electron chi connectivity index (χ2n) is 12.9. The van der Waals surface area contributed by atoms with Crippen LogP contribution in [0.5, 0.6) is 0 Å². The van der Waals surface area contributed by atoms with Gasteiger partial charge in [-0.15, -0.1) is 0 Å². The summed E-state index contributed by atoms with van der Waals surface area (Å²) in [6, 6.07) is 0.699. The van der Waals surface area contributed by atoms with Crippen LogP contribution in [-0.2, 0) is 4.74 Å². The van der Waals surface area contributed by atoms with Crippen LogP contribution in [0.25, 0.3) is 0 Å². The van der Waals surface area contributed by atoms with E-state index >= 15 is 0 Å². The normalized spacial score (nSPS) is 54.8. The van der Waals surface area contributed by atoms with Crippen molar-refractivity contribution in [1.29, 1.82) is 0 Å². The fraction of sp³-hybridized carbons (Fsp3) is 1.00. The van der Waals surface area contributed by atoms with Crippen molar-refractivity contribution < 1.29 is 14.9 Å². The molecule has 0 bridgehead atoms. The highest BCUT2D eigenvalue weighted by atomic mass is 16.5. The Hall–Kier alpha value is -0.200. The molecule has 182 valence electrons. The highest BCUT2D eigenvalue weighted by Gasteiger charge is 2.63. The Balaban J connectivity index is 1.25. The lowest BCUT2D eigenvalue weighted by Gasteiger charge is -2.62. The number of likely N-dealkylation sites (tertiary alicyclic amines) is 1. The lowest BCUT2D eigenvalue weighted by Crippen LogP contribution is -2.61. The van der Waals surface area contributed by atoms with Crippen molar-refractivity contribution in [1.82, 2.24) is 9.80 Å². The summed E-state index contributed by atoms with van der Waals surface area (Å²) < 4.78 is 5.61. The summed E-state index contributed by atoms with van der Waals surface area (Å²) >= 11 is 0. The van der Waals surface area contributed by atoms with Crippen molar-refractivity contribution in [2.75, 3.05) is 39.4 Å². The average Bonchev–Trinajstić information content (AvgIpc) is 3.41. The van der Waals surface area contributed by atoms with E-state index in [0.717, 1.165) is 51.0 Å². The molecule has 0 amide bonds. The van der Waals surface area contributed by atoms with E-state index < -0.39 is 0 Å².